The van der Waals surface area contributed by atoms with E-state index in [2.05, 4.69) is 10.6 Å². The van der Waals surface area contributed by atoms with Crippen molar-refractivity contribution in [1.82, 2.24) is 10.6 Å². The van der Waals surface area contributed by atoms with E-state index in [4.69, 9.17) is 5.73 Å². The van der Waals surface area contributed by atoms with Gasteiger partial charge in [0.25, 0.3) is 0 Å². The summed E-state index contributed by atoms with van der Waals surface area (Å²) in [4.78, 5) is 23.3. The zero-order valence-electron chi connectivity index (χ0n) is 12.9. The van der Waals surface area contributed by atoms with Gasteiger partial charge in [-0.1, -0.05) is 43.2 Å². The molecule has 120 valence electrons. The van der Waals surface area contributed by atoms with Crippen LogP contribution in [-0.4, -0.2) is 24.9 Å². The molecule has 1 aliphatic carbocycles. The van der Waals surface area contributed by atoms with Gasteiger partial charge in [0.15, 0.2) is 0 Å². The normalized spacial score (nSPS) is 16.4. The van der Waals surface area contributed by atoms with Crippen LogP contribution in [0.1, 0.15) is 43.7 Å². The quantitative estimate of drug-likeness (QED) is 0.636. The van der Waals surface area contributed by atoms with Gasteiger partial charge in [-0.25, -0.2) is 0 Å². The van der Waals surface area contributed by atoms with Crippen molar-refractivity contribution >= 4 is 11.8 Å². The van der Waals surface area contributed by atoms with Crippen molar-refractivity contribution < 1.29 is 9.59 Å². The monoisotopic (exact) mass is 303 g/mol. The maximum atomic E-state index is 11.8. The van der Waals surface area contributed by atoms with Crippen molar-refractivity contribution in [2.45, 2.75) is 38.1 Å². The first-order valence-electron chi connectivity index (χ1n) is 8.01. The van der Waals surface area contributed by atoms with Gasteiger partial charge in [0.05, 0.1) is 0 Å². The molecule has 1 aromatic rings. The van der Waals surface area contributed by atoms with Crippen LogP contribution in [0, 0.1) is 5.92 Å². The van der Waals surface area contributed by atoms with Gasteiger partial charge in [-0.3, -0.25) is 9.59 Å². The molecule has 4 N–H and O–H groups in total. The van der Waals surface area contributed by atoms with Crippen molar-refractivity contribution in [3.8, 4) is 0 Å². The van der Waals surface area contributed by atoms with Crippen molar-refractivity contribution in [3.05, 3.63) is 35.9 Å². The third-order valence-electron chi connectivity index (χ3n) is 4.16. The van der Waals surface area contributed by atoms with Crippen LogP contribution in [0.3, 0.4) is 0 Å². The fourth-order valence-electron chi connectivity index (χ4n) is 3.00. The van der Waals surface area contributed by atoms with E-state index in [1.165, 1.54) is 25.7 Å². The third-order valence-corrected chi connectivity index (χ3v) is 4.16. The minimum Gasteiger partial charge on any atom is -0.368 e. The van der Waals surface area contributed by atoms with E-state index in [9.17, 15) is 9.59 Å². The number of amides is 2. The summed E-state index contributed by atoms with van der Waals surface area (Å²) in [5.74, 6) is 0.239. The highest BCUT2D eigenvalue weighted by Crippen LogP contribution is 2.27. The SMILES string of the molecule is NC(=O)C(NCCNC(=O)CC1CCCC1)c1ccccc1. The summed E-state index contributed by atoms with van der Waals surface area (Å²) in [5.41, 5.74) is 6.27. The Morgan fingerprint density at radius 3 is 2.45 bits per heavy atom. The highest BCUT2D eigenvalue weighted by atomic mass is 16.2. The second-order valence-electron chi connectivity index (χ2n) is 5.90. The van der Waals surface area contributed by atoms with Gasteiger partial charge >= 0.3 is 0 Å². The lowest BCUT2D eigenvalue weighted by Gasteiger charge is -2.16. The number of rotatable bonds is 8. The number of hydrogen-bond donors (Lipinski definition) is 3. The molecule has 1 aromatic carbocycles. The van der Waals surface area contributed by atoms with Gasteiger partial charge in [-0.15, -0.1) is 0 Å². The summed E-state index contributed by atoms with van der Waals surface area (Å²) in [6, 6.07) is 8.84. The Morgan fingerprint density at radius 1 is 1.14 bits per heavy atom. The Hall–Kier alpha value is -1.88. The van der Waals surface area contributed by atoms with E-state index in [-0.39, 0.29) is 5.91 Å². The number of primary amides is 1. The molecule has 1 saturated carbocycles. The van der Waals surface area contributed by atoms with Crippen LogP contribution in [0.2, 0.25) is 0 Å². The Labute approximate surface area is 131 Å². The van der Waals surface area contributed by atoms with Crippen molar-refractivity contribution in [2.75, 3.05) is 13.1 Å². The molecule has 22 heavy (non-hydrogen) atoms. The number of nitrogens with one attached hydrogen (secondary N) is 2. The first-order valence-corrected chi connectivity index (χ1v) is 8.01. The molecule has 0 bridgehead atoms. The molecule has 0 aliphatic heterocycles. The minimum atomic E-state index is -0.520. The Balaban J connectivity index is 1.69. The summed E-state index contributed by atoms with van der Waals surface area (Å²) in [6.07, 6.45) is 5.46. The Kier molecular flexibility index (Phi) is 6.40. The first-order chi connectivity index (χ1) is 10.7. The zero-order valence-corrected chi connectivity index (χ0v) is 12.9. The molecular formula is C17H25N3O2. The molecule has 1 aliphatic rings. The number of carbonyl (C=O) groups is 2. The number of hydrogen-bond acceptors (Lipinski definition) is 3. The van der Waals surface area contributed by atoms with Crippen molar-refractivity contribution in [1.29, 1.82) is 0 Å². The molecular weight excluding hydrogens is 278 g/mol. The zero-order chi connectivity index (χ0) is 15.8. The fourth-order valence-corrected chi connectivity index (χ4v) is 3.00. The van der Waals surface area contributed by atoms with Gasteiger partial charge in [0.1, 0.15) is 6.04 Å². The lowest BCUT2D eigenvalue weighted by atomic mass is 10.0. The first kappa shape index (κ1) is 16.5. The van der Waals surface area contributed by atoms with Crippen molar-refractivity contribution in [2.24, 2.45) is 11.7 Å². The van der Waals surface area contributed by atoms with Gasteiger partial charge in [0, 0.05) is 19.5 Å². The lowest BCUT2D eigenvalue weighted by Crippen LogP contribution is -2.38. The summed E-state index contributed by atoms with van der Waals surface area (Å²) in [6.45, 7) is 1.01. The molecule has 0 spiro atoms. The maximum absolute atomic E-state index is 11.8. The van der Waals surface area contributed by atoms with E-state index in [0.717, 1.165) is 5.56 Å². The van der Waals surface area contributed by atoms with E-state index in [0.29, 0.717) is 25.4 Å². The summed E-state index contributed by atoms with van der Waals surface area (Å²) < 4.78 is 0. The second kappa shape index (κ2) is 8.54. The third kappa shape index (κ3) is 5.15. The highest BCUT2D eigenvalue weighted by molar-refractivity contribution is 5.81. The molecule has 0 heterocycles. The second-order valence-corrected chi connectivity index (χ2v) is 5.90. The molecule has 2 amide bonds. The summed E-state index contributed by atoms with van der Waals surface area (Å²) in [7, 11) is 0. The Morgan fingerprint density at radius 2 is 1.82 bits per heavy atom. The number of carbonyl (C=O) groups excluding carboxylic acids is 2. The Bertz CT molecular complexity index is 484. The topological polar surface area (TPSA) is 84.2 Å². The van der Waals surface area contributed by atoms with Gasteiger partial charge in [-0.05, 0) is 24.3 Å². The molecule has 5 nitrogen and oxygen atoms in total. The predicted molar refractivity (Wildman–Crippen MR) is 86.0 cm³/mol. The van der Waals surface area contributed by atoms with Gasteiger partial charge in [-0.2, -0.15) is 0 Å². The number of benzene rings is 1. The van der Waals surface area contributed by atoms with Crippen LogP contribution in [-0.2, 0) is 9.59 Å². The van der Waals surface area contributed by atoms with E-state index in [1.807, 2.05) is 30.3 Å². The molecule has 0 aromatic heterocycles. The fraction of sp³-hybridized carbons (Fsp3) is 0.529. The lowest BCUT2D eigenvalue weighted by molar-refractivity contribution is -0.121. The van der Waals surface area contributed by atoms with E-state index < -0.39 is 11.9 Å². The summed E-state index contributed by atoms with van der Waals surface area (Å²) in [5, 5.41) is 6.00. The van der Waals surface area contributed by atoms with Crippen LogP contribution in [0.25, 0.3) is 0 Å². The molecule has 1 fully saturated rings. The van der Waals surface area contributed by atoms with Crippen LogP contribution in [0.15, 0.2) is 30.3 Å². The average Bonchev–Trinajstić information content (AvgIpc) is 3.00. The smallest absolute Gasteiger partial charge is 0.239 e. The van der Waals surface area contributed by atoms with Crippen LogP contribution >= 0.6 is 0 Å². The van der Waals surface area contributed by atoms with E-state index in [1.54, 1.807) is 0 Å². The predicted octanol–water partition coefficient (Wildman–Crippen LogP) is 1.50. The van der Waals surface area contributed by atoms with E-state index >= 15 is 0 Å². The van der Waals surface area contributed by atoms with Gasteiger partial charge < -0.3 is 16.4 Å². The molecule has 0 saturated heterocycles. The van der Waals surface area contributed by atoms with Gasteiger partial charge in [0.2, 0.25) is 11.8 Å². The van der Waals surface area contributed by atoms with Crippen molar-refractivity contribution in [3.63, 3.8) is 0 Å². The average molecular weight is 303 g/mol. The highest BCUT2D eigenvalue weighted by Gasteiger charge is 2.19. The molecule has 0 radical (unpaired) electrons. The standard InChI is InChI=1S/C17H25N3O2/c18-17(22)16(14-8-2-1-3-9-14)20-11-10-19-15(21)12-13-6-4-5-7-13/h1-3,8-9,13,16,20H,4-7,10-12H2,(H2,18,22)(H,19,21). The van der Waals surface area contributed by atoms with Crippen LogP contribution in [0.4, 0.5) is 0 Å². The molecule has 1 atom stereocenters. The van der Waals surface area contributed by atoms with Crippen LogP contribution in [0.5, 0.6) is 0 Å². The minimum absolute atomic E-state index is 0.101. The summed E-state index contributed by atoms with van der Waals surface area (Å²) >= 11 is 0. The number of nitrogens with two attached hydrogens (primary N) is 1. The molecule has 5 heteroatoms. The molecule has 1 unspecified atom stereocenters. The van der Waals surface area contributed by atoms with Crippen LogP contribution < -0.4 is 16.4 Å². The largest absolute Gasteiger partial charge is 0.368 e. The maximum Gasteiger partial charge on any atom is 0.239 e. The molecule has 2 rings (SSSR count).